The van der Waals surface area contributed by atoms with Gasteiger partial charge in [-0.25, -0.2) is 41.9 Å². The van der Waals surface area contributed by atoms with E-state index < -0.39 is 48.4 Å². The van der Waals surface area contributed by atoms with E-state index in [2.05, 4.69) is 19.9 Å². The Hall–Kier alpha value is -3.81. The average molecular weight is 677 g/mol. The Morgan fingerprint density at radius 2 is 1.21 bits per heavy atom. The molecule has 6 heterocycles. The highest BCUT2D eigenvalue weighted by Crippen LogP contribution is 2.47. The smallest absolute Gasteiger partial charge is 0.248 e. The second-order valence-electron chi connectivity index (χ2n) is 13.6. The fraction of sp³-hybridized carbons (Fsp3) is 0.529. The summed E-state index contributed by atoms with van der Waals surface area (Å²) in [6.45, 7) is 0. The Bertz CT molecular complexity index is 1770. The summed E-state index contributed by atoms with van der Waals surface area (Å²) in [4.78, 5) is 16.2. The number of alkyl halides is 5. The van der Waals surface area contributed by atoms with Gasteiger partial charge in [0.2, 0.25) is 23.7 Å². The third-order valence-corrected chi connectivity index (χ3v) is 10.5. The van der Waals surface area contributed by atoms with Crippen molar-refractivity contribution in [3.63, 3.8) is 0 Å². The number of halogens is 7. The lowest BCUT2D eigenvalue weighted by molar-refractivity contribution is -0.0782. The van der Waals surface area contributed by atoms with E-state index in [1.807, 2.05) is 9.13 Å². The molecule has 3 atom stereocenters. The van der Waals surface area contributed by atoms with E-state index in [0.717, 1.165) is 22.5 Å². The summed E-state index contributed by atoms with van der Waals surface area (Å²) in [5.41, 5.74) is 2.82. The number of fused-ring (bicyclic) bond motifs is 6. The van der Waals surface area contributed by atoms with E-state index in [1.165, 1.54) is 12.1 Å². The highest BCUT2D eigenvalue weighted by molar-refractivity contribution is 5.67. The van der Waals surface area contributed by atoms with Gasteiger partial charge in [-0.2, -0.15) is 8.78 Å². The van der Waals surface area contributed by atoms with Crippen LogP contribution in [0.1, 0.15) is 94.1 Å². The molecule has 0 aromatic carbocycles. The number of hydrogen-bond acceptors (Lipinski definition) is 5. The van der Waals surface area contributed by atoms with Crippen molar-refractivity contribution >= 4 is 0 Å². The van der Waals surface area contributed by atoms with Crippen molar-refractivity contribution in [1.82, 2.24) is 29.1 Å². The maximum atomic E-state index is 14.9. The molecule has 0 radical (unpaired) electrons. The summed E-state index contributed by atoms with van der Waals surface area (Å²) in [6.07, 6.45) is 5.93. The molecule has 8 rings (SSSR count). The summed E-state index contributed by atoms with van der Waals surface area (Å²) in [5, 5.41) is 10.6. The Balaban J connectivity index is 0.000000152. The molecule has 2 aliphatic carbocycles. The van der Waals surface area contributed by atoms with E-state index >= 15 is 0 Å². The average Bonchev–Trinajstić information content (AvgIpc) is 3.82. The minimum atomic E-state index is -2.75. The first-order chi connectivity index (χ1) is 22.8. The first-order valence-electron chi connectivity index (χ1n) is 16.3. The third kappa shape index (κ3) is 6.35. The summed E-state index contributed by atoms with van der Waals surface area (Å²) in [7, 11) is 0. The van der Waals surface area contributed by atoms with E-state index in [-0.39, 0.29) is 50.1 Å². The number of aliphatic hydroxyl groups excluding tert-OH is 1. The van der Waals surface area contributed by atoms with Crippen LogP contribution in [-0.2, 0) is 0 Å². The standard InChI is InChI=1S/C17H17F4N3.C17H18F3N3O/c18-14-2-1-11-13-9-22-10-24(13)12(15(11)23-14)3-4-16(19)5-7-17(20,21)8-6-16;18-15-2-1-11-13-8-21-9-23(13)12(16(11)22-15)7-14(24)10-3-5-17(19,20)6-4-10/h1-2,9-10,12H,3-8H2;1-2,8-10,12,14,24H,3-7H2. The van der Waals surface area contributed by atoms with Crippen molar-refractivity contribution in [3.05, 3.63) is 72.6 Å². The lowest BCUT2D eigenvalue weighted by atomic mass is 9.80. The van der Waals surface area contributed by atoms with Crippen LogP contribution in [0.2, 0.25) is 0 Å². The molecular weight excluding hydrogens is 641 g/mol. The molecular formula is C34H35F7N6O. The lowest BCUT2D eigenvalue weighted by Crippen LogP contribution is -2.35. The van der Waals surface area contributed by atoms with Gasteiger partial charge in [-0.3, -0.25) is 0 Å². The van der Waals surface area contributed by atoms with Crippen LogP contribution in [0.4, 0.5) is 30.7 Å². The number of rotatable bonds is 6. The van der Waals surface area contributed by atoms with Crippen LogP contribution >= 0.6 is 0 Å². The molecule has 14 heteroatoms. The van der Waals surface area contributed by atoms with Gasteiger partial charge in [-0.1, -0.05) is 0 Å². The van der Waals surface area contributed by atoms with Crippen molar-refractivity contribution in [1.29, 1.82) is 0 Å². The molecule has 48 heavy (non-hydrogen) atoms. The first kappa shape index (κ1) is 32.7. The van der Waals surface area contributed by atoms with Crippen LogP contribution in [0.5, 0.6) is 0 Å². The SMILES string of the molecule is Fc1ccc2c(n1)C(CCC1(F)CCC(F)(F)CC1)n1cncc1-2.OC(CC1c2nc(F)ccc2-c2cncn21)C1CCC(F)(F)CC1. The molecule has 3 unspecified atom stereocenters. The van der Waals surface area contributed by atoms with Crippen LogP contribution in [-0.4, -0.2) is 57.8 Å². The zero-order chi connectivity index (χ0) is 33.8. The molecule has 4 aromatic heterocycles. The van der Waals surface area contributed by atoms with Crippen LogP contribution in [0.25, 0.3) is 22.5 Å². The largest absolute Gasteiger partial charge is 0.393 e. The summed E-state index contributed by atoms with van der Waals surface area (Å²) in [6, 6.07) is 5.29. The van der Waals surface area contributed by atoms with Gasteiger partial charge in [0.05, 0.1) is 66.0 Å². The van der Waals surface area contributed by atoms with Gasteiger partial charge in [0.1, 0.15) is 5.67 Å². The Morgan fingerprint density at radius 1 is 0.708 bits per heavy atom. The lowest BCUT2D eigenvalue weighted by Gasteiger charge is -2.34. The van der Waals surface area contributed by atoms with Gasteiger partial charge >= 0.3 is 0 Å². The van der Waals surface area contributed by atoms with Crippen molar-refractivity contribution in [3.8, 4) is 22.5 Å². The number of hydrogen-bond donors (Lipinski definition) is 1. The first-order valence-corrected chi connectivity index (χ1v) is 16.3. The fourth-order valence-electron chi connectivity index (χ4n) is 7.71. The molecule has 0 spiro atoms. The molecule has 0 saturated heterocycles. The zero-order valence-electron chi connectivity index (χ0n) is 26.0. The van der Waals surface area contributed by atoms with Gasteiger partial charge < -0.3 is 14.2 Å². The monoisotopic (exact) mass is 676 g/mol. The van der Waals surface area contributed by atoms with E-state index in [1.54, 1.807) is 37.2 Å². The van der Waals surface area contributed by atoms with Gasteiger partial charge in [-0.15, -0.1) is 0 Å². The Morgan fingerprint density at radius 3 is 1.77 bits per heavy atom. The normalized spacial score (nSPS) is 23.8. The molecule has 2 fully saturated rings. The predicted octanol–water partition coefficient (Wildman–Crippen LogP) is 8.25. The van der Waals surface area contributed by atoms with E-state index in [0.29, 0.717) is 37.1 Å². The van der Waals surface area contributed by atoms with Gasteiger partial charge in [0.15, 0.2) is 0 Å². The van der Waals surface area contributed by atoms with Crippen molar-refractivity contribution in [2.75, 3.05) is 0 Å². The second-order valence-corrected chi connectivity index (χ2v) is 13.6. The minimum Gasteiger partial charge on any atom is -0.393 e. The molecule has 2 aliphatic heterocycles. The maximum absolute atomic E-state index is 14.9. The molecule has 4 aromatic rings. The predicted molar refractivity (Wildman–Crippen MR) is 161 cm³/mol. The number of aromatic nitrogens is 6. The number of imidazole rings is 2. The highest BCUT2D eigenvalue weighted by atomic mass is 19.3. The molecule has 256 valence electrons. The number of nitrogens with zero attached hydrogens (tertiary/aromatic N) is 6. The van der Waals surface area contributed by atoms with E-state index in [4.69, 9.17) is 0 Å². The van der Waals surface area contributed by atoms with Crippen LogP contribution in [0.15, 0.2) is 49.3 Å². The topological polar surface area (TPSA) is 81.7 Å². The molecule has 4 aliphatic rings. The van der Waals surface area contributed by atoms with Crippen LogP contribution in [0, 0.1) is 17.8 Å². The zero-order valence-corrected chi connectivity index (χ0v) is 26.0. The summed E-state index contributed by atoms with van der Waals surface area (Å²) in [5.74, 6) is -6.67. The number of aliphatic hydroxyl groups is 1. The van der Waals surface area contributed by atoms with Gasteiger partial charge in [0.25, 0.3) is 0 Å². The molecule has 7 nitrogen and oxygen atoms in total. The quantitative estimate of drug-likeness (QED) is 0.164. The van der Waals surface area contributed by atoms with Crippen molar-refractivity contribution < 1.29 is 35.8 Å². The number of pyridine rings is 2. The van der Waals surface area contributed by atoms with E-state index in [9.17, 15) is 35.8 Å². The molecule has 1 N–H and O–H groups in total. The molecule has 0 amide bonds. The van der Waals surface area contributed by atoms with Gasteiger partial charge in [0, 0.05) is 43.2 Å². The highest BCUT2D eigenvalue weighted by Gasteiger charge is 2.44. The van der Waals surface area contributed by atoms with Crippen LogP contribution < -0.4 is 0 Å². The minimum absolute atomic E-state index is 0.132. The molecule has 2 saturated carbocycles. The van der Waals surface area contributed by atoms with Crippen LogP contribution in [0.3, 0.4) is 0 Å². The summed E-state index contributed by atoms with van der Waals surface area (Å²) < 4.78 is 98.8. The maximum Gasteiger partial charge on any atom is 0.248 e. The third-order valence-electron chi connectivity index (χ3n) is 10.5. The van der Waals surface area contributed by atoms with Crippen molar-refractivity contribution in [2.45, 2.75) is 106 Å². The Labute approximate surface area is 272 Å². The van der Waals surface area contributed by atoms with Crippen molar-refractivity contribution in [2.24, 2.45) is 5.92 Å². The van der Waals surface area contributed by atoms with Gasteiger partial charge in [-0.05, 0) is 68.7 Å². The fourth-order valence-corrected chi connectivity index (χ4v) is 7.71. The summed E-state index contributed by atoms with van der Waals surface area (Å²) >= 11 is 0. The molecule has 0 bridgehead atoms. The Kier molecular flexibility index (Phi) is 8.36. The second kappa shape index (κ2) is 12.3.